The number of hydrogen-bond acceptors (Lipinski definition) is 9. The third-order valence-electron chi connectivity index (χ3n) is 13.9. The van der Waals surface area contributed by atoms with Gasteiger partial charge in [-0.3, -0.25) is 49.1 Å². The first-order valence-electron chi connectivity index (χ1n) is 22.2. The summed E-state index contributed by atoms with van der Waals surface area (Å²) in [6.45, 7) is 0.514. The molecule has 16 heteroatoms. The standard InChI is InChI=1S/C49H47Cl2FN6O7/c50-28-17-20-32-35(26-28)55-47(65)49(32)40(31-11-8-12-33(51)41(31)52)42(57-48(49)23-5-3-6-24-48)44(62)54-29-18-15-27(16-19-29)37(59)14-4-1-2-7-25-53-34-13-9-10-30-39(34)46(64)58(45(30)63)36-21-22-38(60)56-43(36)61/h8-13,15-20,26,36,40,42,53,57H,1-7,14,21-25H2,(H,54,62)(H,55,65)(H,56,60,61)/t36?,40-,42+,49+/m0/s1. The van der Waals surface area contributed by atoms with Gasteiger partial charge in [-0.2, -0.15) is 0 Å². The van der Waals surface area contributed by atoms with Crippen LogP contribution in [0.2, 0.25) is 10.0 Å². The van der Waals surface area contributed by atoms with Crippen molar-refractivity contribution in [2.45, 2.75) is 106 Å². The number of nitrogens with one attached hydrogen (secondary N) is 5. The molecule has 336 valence electrons. The van der Waals surface area contributed by atoms with E-state index < -0.39 is 64.3 Å². The summed E-state index contributed by atoms with van der Waals surface area (Å²) in [5, 5.41) is 15.4. The Kier molecular flexibility index (Phi) is 12.1. The molecule has 1 unspecified atom stereocenters. The zero-order valence-electron chi connectivity index (χ0n) is 35.4. The molecule has 0 aromatic heterocycles. The highest BCUT2D eigenvalue weighted by Crippen LogP contribution is 2.63. The maximum atomic E-state index is 16.3. The van der Waals surface area contributed by atoms with E-state index in [1.807, 2.05) is 6.07 Å². The lowest BCUT2D eigenvalue weighted by atomic mass is 9.55. The number of halogens is 3. The van der Waals surface area contributed by atoms with Crippen molar-refractivity contribution in [3.05, 3.63) is 123 Å². The molecule has 1 aliphatic carbocycles. The van der Waals surface area contributed by atoms with E-state index in [0.717, 1.165) is 43.4 Å². The highest BCUT2D eigenvalue weighted by atomic mass is 35.5. The smallest absolute Gasteiger partial charge is 0.264 e. The largest absolute Gasteiger partial charge is 0.384 e. The molecule has 4 aromatic carbocycles. The zero-order chi connectivity index (χ0) is 45.6. The minimum absolute atomic E-state index is 0.0434. The molecule has 4 aliphatic heterocycles. The number of imide groups is 2. The van der Waals surface area contributed by atoms with Crippen molar-refractivity contribution in [2.24, 2.45) is 0 Å². The highest BCUT2D eigenvalue weighted by molar-refractivity contribution is 6.31. The number of piperidine rings is 1. The summed E-state index contributed by atoms with van der Waals surface area (Å²) in [6.07, 6.45) is 7.17. The van der Waals surface area contributed by atoms with Crippen LogP contribution >= 0.6 is 23.2 Å². The Morgan fingerprint density at radius 1 is 0.831 bits per heavy atom. The van der Waals surface area contributed by atoms with Crippen LogP contribution in [0.5, 0.6) is 0 Å². The molecule has 13 nitrogen and oxygen atoms in total. The van der Waals surface area contributed by atoms with E-state index in [1.54, 1.807) is 66.7 Å². The first-order valence-corrected chi connectivity index (χ1v) is 23.0. The third-order valence-corrected chi connectivity index (χ3v) is 14.4. The first kappa shape index (κ1) is 44.3. The maximum absolute atomic E-state index is 16.3. The molecule has 9 rings (SSSR count). The number of carbonyl (C=O) groups is 7. The van der Waals surface area contributed by atoms with Crippen LogP contribution < -0.4 is 26.6 Å². The van der Waals surface area contributed by atoms with Crippen LogP contribution in [0, 0.1) is 5.82 Å². The van der Waals surface area contributed by atoms with Gasteiger partial charge in [-0.05, 0) is 97.8 Å². The fourth-order valence-electron chi connectivity index (χ4n) is 11.0. The first-order chi connectivity index (χ1) is 31.3. The molecule has 0 radical (unpaired) electrons. The van der Waals surface area contributed by atoms with Crippen molar-refractivity contribution in [1.82, 2.24) is 15.5 Å². The number of ketones is 1. The molecule has 0 bridgehead atoms. The summed E-state index contributed by atoms with van der Waals surface area (Å²) in [5.74, 6) is -4.72. The Labute approximate surface area is 384 Å². The van der Waals surface area contributed by atoms with E-state index in [-0.39, 0.29) is 46.2 Å². The maximum Gasteiger partial charge on any atom is 0.264 e. The Balaban J connectivity index is 0.817. The van der Waals surface area contributed by atoms with Gasteiger partial charge in [0.25, 0.3) is 11.8 Å². The lowest BCUT2D eigenvalue weighted by Gasteiger charge is -2.47. The highest BCUT2D eigenvalue weighted by Gasteiger charge is 2.72. The van der Waals surface area contributed by atoms with Gasteiger partial charge >= 0.3 is 0 Å². The molecule has 2 spiro atoms. The van der Waals surface area contributed by atoms with Crippen molar-refractivity contribution in [3.63, 3.8) is 0 Å². The van der Waals surface area contributed by atoms with Crippen molar-refractivity contribution in [2.75, 3.05) is 22.5 Å². The normalized spacial score (nSPS) is 23.1. The number of anilines is 3. The van der Waals surface area contributed by atoms with Gasteiger partial charge in [-0.15, -0.1) is 0 Å². The Morgan fingerprint density at radius 2 is 1.58 bits per heavy atom. The third kappa shape index (κ3) is 7.68. The molecule has 65 heavy (non-hydrogen) atoms. The number of amides is 6. The molecule has 2 saturated heterocycles. The molecule has 4 atom stereocenters. The van der Waals surface area contributed by atoms with Crippen molar-refractivity contribution in [1.29, 1.82) is 0 Å². The second-order valence-corrected chi connectivity index (χ2v) is 18.4. The molecule has 4 aromatic rings. The minimum atomic E-state index is -1.36. The van der Waals surface area contributed by atoms with Crippen molar-refractivity contribution >= 4 is 81.5 Å². The summed E-state index contributed by atoms with van der Waals surface area (Å²) >= 11 is 12.8. The number of nitrogens with zero attached hydrogens (tertiary/aromatic N) is 1. The fraction of sp³-hybridized carbons (Fsp3) is 0.367. The number of carbonyl (C=O) groups excluding carboxylic acids is 7. The summed E-state index contributed by atoms with van der Waals surface area (Å²) in [7, 11) is 0. The van der Waals surface area contributed by atoms with E-state index in [1.165, 1.54) is 6.07 Å². The van der Waals surface area contributed by atoms with Gasteiger partial charge in [0, 0.05) is 58.5 Å². The molecule has 6 amide bonds. The average Bonchev–Trinajstić information content (AvgIpc) is 3.85. The topological polar surface area (TPSA) is 183 Å². The van der Waals surface area contributed by atoms with Gasteiger partial charge in [0.15, 0.2) is 5.78 Å². The van der Waals surface area contributed by atoms with E-state index in [9.17, 15) is 33.6 Å². The van der Waals surface area contributed by atoms with Crippen molar-refractivity contribution in [3.8, 4) is 0 Å². The number of benzene rings is 4. The predicted molar refractivity (Wildman–Crippen MR) is 243 cm³/mol. The van der Waals surface area contributed by atoms with Crippen LogP contribution in [0.4, 0.5) is 21.5 Å². The van der Waals surface area contributed by atoms with Crippen LogP contribution in [0.15, 0.2) is 78.9 Å². The number of Topliss-reactive ketones (excluding diaryl/α,β-unsaturated/α-hetero) is 1. The van der Waals surface area contributed by atoms with Crippen LogP contribution in [-0.2, 0) is 24.6 Å². The van der Waals surface area contributed by atoms with Gasteiger partial charge < -0.3 is 16.0 Å². The van der Waals surface area contributed by atoms with E-state index >= 15 is 4.39 Å². The second kappa shape index (κ2) is 17.8. The summed E-state index contributed by atoms with van der Waals surface area (Å²) in [4.78, 5) is 93.9. The Morgan fingerprint density at radius 3 is 2.35 bits per heavy atom. The summed E-state index contributed by atoms with van der Waals surface area (Å²) in [6, 6.07) is 19.4. The van der Waals surface area contributed by atoms with Gasteiger partial charge in [-0.25, -0.2) is 4.39 Å². The Bertz CT molecular complexity index is 2650. The van der Waals surface area contributed by atoms with E-state index in [0.29, 0.717) is 65.4 Å². The quantitative estimate of drug-likeness (QED) is 0.0503. The van der Waals surface area contributed by atoms with Gasteiger partial charge in [0.2, 0.25) is 23.6 Å². The summed E-state index contributed by atoms with van der Waals surface area (Å²) < 4.78 is 16.3. The molecule has 4 heterocycles. The minimum Gasteiger partial charge on any atom is -0.384 e. The molecule has 3 fully saturated rings. The van der Waals surface area contributed by atoms with Crippen LogP contribution in [0.25, 0.3) is 0 Å². The Hall–Kier alpha value is -5.96. The van der Waals surface area contributed by atoms with Gasteiger partial charge in [-0.1, -0.05) is 79.6 Å². The van der Waals surface area contributed by atoms with Gasteiger partial charge in [0.1, 0.15) is 17.3 Å². The fourth-order valence-corrected chi connectivity index (χ4v) is 11.3. The van der Waals surface area contributed by atoms with Crippen LogP contribution in [-0.4, -0.2) is 70.3 Å². The molecular formula is C49H47Cl2FN6O7. The molecular weight excluding hydrogens is 874 g/mol. The number of fused-ring (bicyclic) bond motifs is 4. The predicted octanol–water partition coefficient (Wildman–Crippen LogP) is 8.07. The molecule has 5 aliphatic rings. The SMILES string of the molecule is O=C1CCC(N2C(=O)c3cccc(NCCCCCCC(=O)c4ccc(NC(=O)[C@@H]5NC6(CCCCC6)[C@@]6(C(=O)Nc7cc(Cl)ccc76)[C@H]5c5cccc(Cl)c5F)cc4)c3C2=O)C(=O)N1. The number of unbranched alkanes of at least 4 members (excludes halogenated alkanes) is 3. The second-order valence-electron chi connectivity index (χ2n) is 17.6. The van der Waals surface area contributed by atoms with Crippen LogP contribution in [0.3, 0.4) is 0 Å². The van der Waals surface area contributed by atoms with Crippen LogP contribution in [0.1, 0.15) is 125 Å². The molecule has 5 N–H and O–H groups in total. The number of rotatable bonds is 13. The van der Waals surface area contributed by atoms with Gasteiger partial charge in [0.05, 0.1) is 22.2 Å². The monoisotopic (exact) mass is 920 g/mol. The summed E-state index contributed by atoms with van der Waals surface area (Å²) in [5.41, 5.74) is 0.961. The number of hydrogen-bond donors (Lipinski definition) is 5. The molecule has 1 saturated carbocycles. The average molecular weight is 922 g/mol. The van der Waals surface area contributed by atoms with Crippen molar-refractivity contribution < 1.29 is 38.0 Å². The lowest BCUT2D eigenvalue weighted by molar-refractivity contribution is -0.136. The van der Waals surface area contributed by atoms with E-state index in [2.05, 4.69) is 26.6 Å². The van der Waals surface area contributed by atoms with E-state index in [4.69, 9.17) is 23.2 Å². The lowest BCUT2D eigenvalue weighted by Crippen LogP contribution is -2.60. The zero-order valence-corrected chi connectivity index (χ0v) is 36.9.